The quantitative estimate of drug-likeness (QED) is 0.870. The highest BCUT2D eigenvalue weighted by Gasteiger charge is 2.09. The molecule has 4 heteroatoms. The van der Waals surface area contributed by atoms with E-state index in [1.807, 2.05) is 24.4 Å². The number of amides is 1. The summed E-state index contributed by atoms with van der Waals surface area (Å²) >= 11 is 1.66. The van der Waals surface area contributed by atoms with E-state index in [1.54, 1.807) is 17.6 Å². The molecule has 1 atom stereocenters. The highest BCUT2D eigenvalue weighted by molar-refractivity contribution is 7.07. The Morgan fingerprint density at radius 2 is 2.39 bits per heavy atom. The van der Waals surface area contributed by atoms with Crippen LogP contribution in [0.15, 0.2) is 39.6 Å². The van der Waals surface area contributed by atoms with Crippen LogP contribution in [-0.2, 0) is 17.6 Å². The van der Waals surface area contributed by atoms with Crippen LogP contribution in [0.4, 0.5) is 0 Å². The summed E-state index contributed by atoms with van der Waals surface area (Å²) in [7, 11) is 0. The number of nitrogens with one attached hydrogen (secondary N) is 1. The van der Waals surface area contributed by atoms with Crippen molar-refractivity contribution in [1.29, 1.82) is 0 Å². The third kappa shape index (κ3) is 4.04. The summed E-state index contributed by atoms with van der Waals surface area (Å²) < 4.78 is 5.25. The molecule has 0 saturated carbocycles. The van der Waals surface area contributed by atoms with Crippen LogP contribution < -0.4 is 5.32 Å². The van der Waals surface area contributed by atoms with E-state index < -0.39 is 0 Å². The van der Waals surface area contributed by atoms with Gasteiger partial charge in [-0.05, 0) is 47.9 Å². The molecule has 0 unspecified atom stereocenters. The van der Waals surface area contributed by atoms with E-state index in [9.17, 15) is 4.79 Å². The Labute approximate surface area is 111 Å². The van der Waals surface area contributed by atoms with Gasteiger partial charge in [0.05, 0.1) is 6.26 Å². The molecule has 2 aromatic heterocycles. The fraction of sp³-hybridized carbons (Fsp3) is 0.357. The molecular formula is C14H17NO2S. The molecule has 1 N–H and O–H groups in total. The van der Waals surface area contributed by atoms with Crippen LogP contribution >= 0.6 is 11.3 Å². The topological polar surface area (TPSA) is 42.2 Å². The van der Waals surface area contributed by atoms with Gasteiger partial charge in [-0.25, -0.2) is 0 Å². The summed E-state index contributed by atoms with van der Waals surface area (Å²) in [5.41, 5.74) is 1.23. The molecule has 96 valence electrons. The second-order valence-electron chi connectivity index (χ2n) is 4.38. The molecule has 2 aromatic rings. The molecule has 0 radical (unpaired) electrons. The van der Waals surface area contributed by atoms with Gasteiger partial charge in [0.25, 0.3) is 0 Å². The predicted octanol–water partition coefficient (Wildman–Crippen LogP) is 3.02. The second kappa shape index (κ2) is 6.40. The van der Waals surface area contributed by atoms with Crippen LogP contribution in [0.3, 0.4) is 0 Å². The smallest absolute Gasteiger partial charge is 0.220 e. The first-order valence-electron chi connectivity index (χ1n) is 6.07. The van der Waals surface area contributed by atoms with Gasteiger partial charge in [-0.3, -0.25) is 4.79 Å². The monoisotopic (exact) mass is 263 g/mol. The van der Waals surface area contributed by atoms with Crippen molar-refractivity contribution < 1.29 is 9.21 Å². The molecule has 2 rings (SSSR count). The zero-order valence-electron chi connectivity index (χ0n) is 10.4. The Balaban J connectivity index is 1.70. The van der Waals surface area contributed by atoms with Crippen molar-refractivity contribution in [3.05, 3.63) is 46.5 Å². The maximum absolute atomic E-state index is 11.7. The maximum Gasteiger partial charge on any atom is 0.220 e. The Kier molecular flexibility index (Phi) is 4.59. The van der Waals surface area contributed by atoms with Crippen molar-refractivity contribution in [3.63, 3.8) is 0 Å². The Morgan fingerprint density at radius 1 is 1.50 bits per heavy atom. The largest absolute Gasteiger partial charge is 0.469 e. The number of carbonyl (C=O) groups excluding carboxylic acids is 1. The van der Waals surface area contributed by atoms with Gasteiger partial charge in [0.1, 0.15) is 5.76 Å². The molecular weight excluding hydrogens is 246 g/mol. The van der Waals surface area contributed by atoms with Crippen molar-refractivity contribution >= 4 is 17.2 Å². The van der Waals surface area contributed by atoms with E-state index in [1.165, 1.54) is 5.56 Å². The van der Waals surface area contributed by atoms with Crippen LogP contribution in [0.1, 0.15) is 24.7 Å². The van der Waals surface area contributed by atoms with Gasteiger partial charge < -0.3 is 9.73 Å². The number of hydrogen-bond acceptors (Lipinski definition) is 3. The molecule has 2 heterocycles. The first kappa shape index (κ1) is 12.9. The first-order chi connectivity index (χ1) is 8.74. The minimum atomic E-state index is 0.0975. The van der Waals surface area contributed by atoms with Crippen molar-refractivity contribution in [2.45, 2.75) is 32.2 Å². The number of carbonyl (C=O) groups is 1. The summed E-state index contributed by atoms with van der Waals surface area (Å²) in [6, 6.07) is 5.95. The van der Waals surface area contributed by atoms with Gasteiger partial charge in [-0.15, -0.1) is 0 Å². The molecule has 3 nitrogen and oxygen atoms in total. The summed E-state index contributed by atoms with van der Waals surface area (Å²) in [6.45, 7) is 1.99. The molecule has 0 fully saturated rings. The number of furan rings is 1. The lowest BCUT2D eigenvalue weighted by Crippen LogP contribution is -2.34. The Morgan fingerprint density at radius 3 is 3.06 bits per heavy atom. The molecule has 0 aliphatic heterocycles. The van der Waals surface area contributed by atoms with Crippen LogP contribution in [0.2, 0.25) is 0 Å². The predicted molar refractivity (Wildman–Crippen MR) is 72.7 cm³/mol. The van der Waals surface area contributed by atoms with E-state index in [-0.39, 0.29) is 11.9 Å². The number of aryl methyl sites for hydroxylation is 1. The fourth-order valence-electron chi connectivity index (χ4n) is 1.82. The van der Waals surface area contributed by atoms with E-state index >= 15 is 0 Å². The summed E-state index contributed by atoms with van der Waals surface area (Å²) in [5.74, 6) is 1.00. The lowest BCUT2D eigenvalue weighted by molar-refractivity contribution is -0.121. The van der Waals surface area contributed by atoms with E-state index in [4.69, 9.17) is 4.42 Å². The summed E-state index contributed by atoms with van der Waals surface area (Å²) in [5, 5.41) is 7.10. The van der Waals surface area contributed by atoms with Crippen molar-refractivity contribution in [1.82, 2.24) is 5.32 Å². The van der Waals surface area contributed by atoms with Crippen LogP contribution in [0.5, 0.6) is 0 Å². The average Bonchev–Trinajstić information content (AvgIpc) is 2.98. The van der Waals surface area contributed by atoms with Gasteiger partial charge >= 0.3 is 0 Å². The lowest BCUT2D eigenvalue weighted by atomic mass is 10.1. The first-order valence-corrected chi connectivity index (χ1v) is 7.01. The van der Waals surface area contributed by atoms with Crippen LogP contribution in [0, 0.1) is 0 Å². The summed E-state index contributed by atoms with van der Waals surface area (Å²) in [4.78, 5) is 11.7. The molecule has 0 bridgehead atoms. The molecule has 1 amide bonds. The Hall–Kier alpha value is -1.55. The highest BCUT2D eigenvalue weighted by Crippen LogP contribution is 2.09. The molecule has 0 aliphatic carbocycles. The van der Waals surface area contributed by atoms with Gasteiger partial charge in [0.15, 0.2) is 0 Å². The lowest BCUT2D eigenvalue weighted by Gasteiger charge is -2.12. The molecule has 0 spiro atoms. The average molecular weight is 263 g/mol. The molecule has 0 aliphatic rings. The number of rotatable bonds is 6. The van der Waals surface area contributed by atoms with Crippen LogP contribution in [0.25, 0.3) is 0 Å². The third-order valence-electron chi connectivity index (χ3n) is 2.72. The third-order valence-corrected chi connectivity index (χ3v) is 3.45. The molecule has 0 aromatic carbocycles. The molecule has 0 saturated heterocycles. The number of hydrogen-bond donors (Lipinski definition) is 1. The fourth-order valence-corrected chi connectivity index (χ4v) is 2.52. The van der Waals surface area contributed by atoms with Gasteiger partial charge in [-0.2, -0.15) is 11.3 Å². The van der Waals surface area contributed by atoms with Crippen molar-refractivity contribution in [3.8, 4) is 0 Å². The standard InChI is InChI=1S/C14H17NO2S/c1-11(9-13-3-2-7-17-13)15-14(16)5-4-12-6-8-18-10-12/h2-3,6-8,10-11H,4-5,9H2,1H3,(H,15,16)/t11-/m1/s1. The van der Waals surface area contributed by atoms with Gasteiger partial charge in [0.2, 0.25) is 5.91 Å². The zero-order valence-corrected chi connectivity index (χ0v) is 11.2. The number of thiophene rings is 1. The van der Waals surface area contributed by atoms with Crippen LogP contribution in [-0.4, -0.2) is 11.9 Å². The van der Waals surface area contributed by atoms with E-state index in [0.717, 1.165) is 18.6 Å². The van der Waals surface area contributed by atoms with E-state index in [0.29, 0.717) is 6.42 Å². The van der Waals surface area contributed by atoms with E-state index in [2.05, 4.69) is 16.8 Å². The Bertz CT molecular complexity index is 462. The molecule has 18 heavy (non-hydrogen) atoms. The van der Waals surface area contributed by atoms with Gasteiger partial charge in [-0.1, -0.05) is 0 Å². The van der Waals surface area contributed by atoms with Crippen molar-refractivity contribution in [2.75, 3.05) is 0 Å². The normalized spacial score (nSPS) is 12.3. The minimum absolute atomic E-state index is 0.0975. The highest BCUT2D eigenvalue weighted by atomic mass is 32.1. The van der Waals surface area contributed by atoms with Gasteiger partial charge in [0, 0.05) is 18.9 Å². The SMILES string of the molecule is C[C@H](Cc1ccco1)NC(=O)CCc1ccsc1. The zero-order chi connectivity index (χ0) is 12.8. The second-order valence-corrected chi connectivity index (χ2v) is 5.16. The maximum atomic E-state index is 11.7. The van der Waals surface area contributed by atoms with Crippen molar-refractivity contribution in [2.24, 2.45) is 0 Å². The summed E-state index contributed by atoms with van der Waals surface area (Å²) in [6.07, 6.45) is 3.74. The minimum Gasteiger partial charge on any atom is -0.469 e.